The number of aliphatic hydroxyl groups is 1. The minimum absolute atomic E-state index is 0.0335. The van der Waals surface area contributed by atoms with Gasteiger partial charge < -0.3 is 35.7 Å². The first-order valence-corrected chi connectivity index (χ1v) is 15.3. The minimum atomic E-state index is -1.06. The van der Waals surface area contributed by atoms with Gasteiger partial charge in [0.1, 0.15) is 11.9 Å². The number of methoxy groups -OCH3 is 2. The number of ketones is 2. The molecule has 3 rings (SSSR count). The summed E-state index contributed by atoms with van der Waals surface area (Å²) in [6, 6.07) is 4.66. The molecule has 0 saturated carbocycles. The van der Waals surface area contributed by atoms with E-state index in [1.807, 2.05) is 0 Å². The van der Waals surface area contributed by atoms with E-state index in [-0.39, 0.29) is 40.9 Å². The number of allylic oxidation sites excluding steroid dienone is 4. The number of rotatable bonds is 5. The molecule has 0 spiro atoms. The predicted octanol–water partition coefficient (Wildman–Crippen LogP) is 3.33. The Bertz CT molecular complexity index is 1580. The molecule has 5 N–H and O–H groups in total. The molecule has 0 radical (unpaired) electrons. The number of primary amides is 1. The molecule has 1 aliphatic carbocycles. The van der Waals surface area contributed by atoms with E-state index in [2.05, 4.69) is 10.6 Å². The zero-order chi connectivity index (χ0) is 35.7. The highest BCUT2D eigenvalue weighted by atomic mass is 19.1. The Labute approximate surface area is 278 Å². The van der Waals surface area contributed by atoms with Crippen LogP contribution in [0.4, 0.5) is 9.18 Å². The largest absolute Gasteiger partial charge is 0.439 e. The summed E-state index contributed by atoms with van der Waals surface area (Å²) in [4.78, 5) is 65.1. The van der Waals surface area contributed by atoms with E-state index in [1.165, 1.54) is 45.4 Å². The third-order valence-electron chi connectivity index (χ3n) is 8.14. The van der Waals surface area contributed by atoms with E-state index >= 15 is 0 Å². The van der Waals surface area contributed by atoms with Gasteiger partial charge in [-0.3, -0.25) is 19.2 Å². The van der Waals surface area contributed by atoms with E-state index in [0.29, 0.717) is 5.57 Å². The van der Waals surface area contributed by atoms with E-state index in [4.69, 9.17) is 19.9 Å². The van der Waals surface area contributed by atoms with Crippen LogP contribution in [0.15, 0.2) is 82.8 Å². The van der Waals surface area contributed by atoms with Gasteiger partial charge >= 0.3 is 6.09 Å². The second-order valence-electron chi connectivity index (χ2n) is 11.9. The van der Waals surface area contributed by atoms with Crippen LogP contribution < -0.4 is 16.4 Å². The van der Waals surface area contributed by atoms with Gasteiger partial charge in [-0.05, 0) is 62.4 Å². The van der Waals surface area contributed by atoms with E-state index in [9.17, 15) is 33.5 Å². The summed E-state index contributed by atoms with van der Waals surface area (Å²) in [5.74, 6) is -4.29. The van der Waals surface area contributed by atoms with Gasteiger partial charge in [0, 0.05) is 42.9 Å². The molecule has 48 heavy (non-hydrogen) atoms. The topological polar surface area (TPSA) is 183 Å². The van der Waals surface area contributed by atoms with Crippen molar-refractivity contribution in [3.63, 3.8) is 0 Å². The van der Waals surface area contributed by atoms with E-state index in [1.54, 1.807) is 32.9 Å². The molecular formula is C35H42FN3O9. The molecule has 12 nitrogen and oxygen atoms in total. The number of aliphatic hydroxyl groups excluding tert-OH is 1. The lowest BCUT2D eigenvalue weighted by atomic mass is 9.85. The summed E-state index contributed by atoms with van der Waals surface area (Å²) < 4.78 is 30.0. The Morgan fingerprint density at radius 3 is 2.33 bits per heavy atom. The third-order valence-corrected chi connectivity index (χ3v) is 8.14. The number of halogens is 1. The molecule has 1 aliphatic heterocycles. The van der Waals surface area contributed by atoms with Gasteiger partial charge in [-0.1, -0.05) is 38.2 Å². The molecule has 258 valence electrons. The number of nitrogens with two attached hydrogens (primary N) is 1. The number of benzene rings is 1. The molecule has 2 bridgehead atoms. The number of hydrogen-bond acceptors (Lipinski definition) is 9. The van der Waals surface area contributed by atoms with Crippen LogP contribution in [-0.4, -0.2) is 73.2 Å². The monoisotopic (exact) mass is 667 g/mol. The molecule has 3 amide bonds. The lowest BCUT2D eigenvalue weighted by molar-refractivity contribution is -0.120. The molecule has 0 saturated heterocycles. The van der Waals surface area contributed by atoms with Crippen molar-refractivity contribution in [2.24, 2.45) is 17.6 Å². The van der Waals surface area contributed by atoms with Crippen molar-refractivity contribution >= 4 is 29.5 Å². The first kappa shape index (κ1) is 37.7. The van der Waals surface area contributed by atoms with Crippen LogP contribution in [0.25, 0.3) is 0 Å². The SMILES string of the molecule is CO[C@H]1/C=C\C=C(/C)C(=O)NC2=CC(=O)C(NC(=O)c3ccc(F)cc3)=C(C[C@@H](C)C[C@H](OC)[C@H](O)[C@@H](C)/C=C(\C)[C@@H]1OC(N)=O)C2=O. The highest BCUT2D eigenvalue weighted by molar-refractivity contribution is 6.24. The summed E-state index contributed by atoms with van der Waals surface area (Å²) >= 11 is 0. The molecule has 0 aromatic heterocycles. The molecular weight excluding hydrogens is 625 g/mol. The number of carbonyl (C=O) groups is 5. The third kappa shape index (κ3) is 9.66. The number of Topliss-reactive ketones (excluding diaryl/α,β-unsaturated/α-hetero) is 1. The van der Waals surface area contributed by atoms with E-state index in [0.717, 1.165) is 18.2 Å². The molecule has 0 fully saturated rings. The second-order valence-corrected chi connectivity index (χ2v) is 11.9. The first-order valence-electron chi connectivity index (χ1n) is 15.3. The van der Waals surface area contributed by atoms with Crippen molar-refractivity contribution < 1.29 is 47.7 Å². The lowest BCUT2D eigenvalue weighted by Crippen LogP contribution is -2.38. The second kappa shape index (κ2) is 16.9. The fourth-order valence-electron chi connectivity index (χ4n) is 5.51. The van der Waals surface area contributed by atoms with Gasteiger partial charge in [-0.2, -0.15) is 0 Å². The van der Waals surface area contributed by atoms with Crippen molar-refractivity contribution in [3.05, 3.63) is 94.1 Å². The maximum Gasteiger partial charge on any atom is 0.405 e. The fourth-order valence-corrected chi connectivity index (χ4v) is 5.51. The average Bonchev–Trinajstić information content (AvgIpc) is 3.04. The molecule has 6 atom stereocenters. The van der Waals surface area contributed by atoms with Crippen molar-refractivity contribution in [1.82, 2.24) is 10.6 Å². The van der Waals surface area contributed by atoms with E-state index < -0.39 is 71.5 Å². The smallest absolute Gasteiger partial charge is 0.405 e. The Morgan fingerprint density at radius 2 is 1.73 bits per heavy atom. The Hall–Kier alpha value is -4.72. The number of hydrogen-bond donors (Lipinski definition) is 4. The van der Waals surface area contributed by atoms with Gasteiger partial charge in [0.2, 0.25) is 11.6 Å². The summed E-state index contributed by atoms with van der Waals surface area (Å²) in [6.07, 6.45) is 2.67. The highest BCUT2D eigenvalue weighted by Crippen LogP contribution is 2.29. The molecule has 1 aromatic carbocycles. The number of carbonyl (C=O) groups excluding carboxylic acids is 5. The molecule has 2 aliphatic rings. The van der Waals surface area contributed by atoms with Crippen molar-refractivity contribution in [3.8, 4) is 0 Å². The van der Waals surface area contributed by atoms with Crippen molar-refractivity contribution in [2.45, 2.75) is 65.0 Å². The van der Waals surface area contributed by atoms with Gasteiger partial charge in [0.25, 0.3) is 11.8 Å². The minimum Gasteiger partial charge on any atom is -0.439 e. The lowest BCUT2D eigenvalue weighted by Gasteiger charge is -2.30. The predicted molar refractivity (Wildman–Crippen MR) is 173 cm³/mol. The zero-order valence-electron chi connectivity index (χ0n) is 27.7. The average molecular weight is 668 g/mol. The van der Waals surface area contributed by atoms with Crippen LogP contribution in [-0.2, 0) is 28.6 Å². The van der Waals surface area contributed by atoms with Crippen LogP contribution >= 0.6 is 0 Å². The fraction of sp³-hybridized carbons (Fsp3) is 0.400. The van der Waals surface area contributed by atoms with Crippen LogP contribution in [0.5, 0.6) is 0 Å². The molecule has 0 unspecified atom stereocenters. The van der Waals surface area contributed by atoms with Crippen LogP contribution in [0, 0.1) is 17.7 Å². The van der Waals surface area contributed by atoms with Gasteiger partial charge in [0.05, 0.1) is 23.6 Å². The van der Waals surface area contributed by atoms with Crippen molar-refractivity contribution in [1.29, 1.82) is 0 Å². The normalized spacial score (nSPS) is 29.1. The van der Waals surface area contributed by atoms with Gasteiger partial charge in [-0.15, -0.1) is 0 Å². The number of amides is 3. The summed E-state index contributed by atoms with van der Waals surface area (Å²) in [6.45, 7) is 6.72. The van der Waals surface area contributed by atoms with Gasteiger partial charge in [0.15, 0.2) is 6.10 Å². The quantitative estimate of drug-likeness (QED) is 0.270. The van der Waals surface area contributed by atoms with Gasteiger partial charge in [-0.25, -0.2) is 9.18 Å². The summed E-state index contributed by atoms with van der Waals surface area (Å²) in [5.41, 5.74) is 5.49. The van der Waals surface area contributed by atoms with Crippen LogP contribution in [0.1, 0.15) is 50.9 Å². The summed E-state index contributed by atoms with van der Waals surface area (Å²) in [5, 5.41) is 16.3. The zero-order valence-corrected chi connectivity index (χ0v) is 27.7. The number of ether oxygens (including phenoxy) is 3. The molecule has 1 heterocycles. The molecule has 1 aromatic rings. The Balaban J connectivity index is 2.09. The molecule has 13 heteroatoms. The van der Waals surface area contributed by atoms with Crippen LogP contribution in [0.3, 0.4) is 0 Å². The number of nitrogens with one attached hydrogen (secondary N) is 2. The first-order chi connectivity index (χ1) is 22.7. The maximum absolute atomic E-state index is 13.8. The maximum atomic E-state index is 13.8. The number of fused-ring (bicyclic) bond motifs is 2. The van der Waals surface area contributed by atoms with Crippen LogP contribution in [0.2, 0.25) is 0 Å². The Kier molecular flexibility index (Phi) is 13.3. The van der Waals surface area contributed by atoms with Crippen molar-refractivity contribution in [2.75, 3.05) is 14.2 Å². The highest BCUT2D eigenvalue weighted by Gasteiger charge is 2.34. The summed E-state index contributed by atoms with van der Waals surface area (Å²) in [7, 11) is 2.83. The Morgan fingerprint density at radius 1 is 1.06 bits per heavy atom. The standard InChI is InChI=1S/C35H42FN3O9/c1-18-14-24-29(39-34(44)22-10-12-23(36)13-11-22)26(40)17-25(31(24)42)38-33(43)19(2)8-7-9-27(46-5)32(48-35(37)45)21(4)16-20(3)30(41)28(15-18)47-6/h7-13,16-18,20,27-28,30,32,41H,14-15H2,1-6H3,(H2,37,45)(H,38,43)(H,39,44)/b9-7-,19-8+,21-16+/t18-,20+,27+,28+,30-,32+/m1/s1.